The Morgan fingerprint density at radius 3 is 2.84 bits per heavy atom. The van der Waals surface area contributed by atoms with Crippen molar-refractivity contribution >= 4 is 17.2 Å². The second kappa shape index (κ2) is 5.16. The molecular weight excluding hydrogens is 258 g/mol. The van der Waals surface area contributed by atoms with Crippen LogP contribution in [-0.2, 0) is 12.8 Å². The molecule has 2 aliphatic carbocycles. The maximum atomic E-state index is 12.7. The fourth-order valence-corrected chi connectivity index (χ4v) is 4.17. The zero-order chi connectivity index (χ0) is 13.4. The van der Waals surface area contributed by atoms with E-state index in [9.17, 15) is 4.79 Å². The molecule has 0 aliphatic heterocycles. The Labute approximate surface area is 118 Å². The van der Waals surface area contributed by atoms with Crippen LogP contribution in [0.25, 0.3) is 0 Å². The summed E-state index contributed by atoms with van der Waals surface area (Å²) in [5.41, 5.74) is 1.29. The lowest BCUT2D eigenvalue weighted by Crippen LogP contribution is -2.32. The summed E-state index contributed by atoms with van der Waals surface area (Å²) >= 11 is 1.66. The molecule has 0 unspecified atom stereocenters. The van der Waals surface area contributed by atoms with Crippen molar-refractivity contribution in [3.05, 3.63) is 15.3 Å². The van der Waals surface area contributed by atoms with E-state index >= 15 is 0 Å². The molecule has 1 aromatic heterocycles. The van der Waals surface area contributed by atoms with Crippen LogP contribution in [0.3, 0.4) is 0 Å². The van der Waals surface area contributed by atoms with Crippen LogP contribution in [0.5, 0.6) is 5.75 Å². The summed E-state index contributed by atoms with van der Waals surface area (Å²) in [4.78, 5) is 16.9. The standard InChI is InChI=1S/C15H21NO2S/c1-3-16(9-10-7-8-10)15(17)14-13(18-2)11-5-4-6-12(11)19-14/h10H,3-9H2,1-2H3. The summed E-state index contributed by atoms with van der Waals surface area (Å²) in [6.45, 7) is 3.77. The number of hydrogen-bond acceptors (Lipinski definition) is 3. The predicted octanol–water partition coefficient (Wildman–Crippen LogP) is 3.12. The molecule has 0 atom stereocenters. The summed E-state index contributed by atoms with van der Waals surface area (Å²) in [6, 6.07) is 0. The molecule has 2 aliphatic rings. The second-order valence-electron chi connectivity index (χ2n) is 5.51. The first-order valence-corrected chi connectivity index (χ1v) is 8.04. The van der Waals surface area contributed by atoms with Crippen molar-refractivity contribution in [2.24, 2.45) is 5.92 Å². The number of amides is 1. The maximum absolute atomic E-state index is 12.7. The number of thiophene rings is 1. The monoisotopic (exact) mass is 279 g/mol. The molecule has 0 radical (unpaired) electrons. The maximum Gasteiger partial charge on any atom is 0.267 e. The van der Waals surface area contributed by atoms with Gasteiger partial charge in [0.2, 0.25) is 0 Å². The van der Waals surface area contributed by atoms with Crippen molar-refractivity contribution in [2.45, 2.75) is 39.0 Å². The van der Waals surface area contributed by atoms with Gasteiger partial charge in [0.1, 0.15) is 10.6 Å². The molecule has 0 N–H and O–H groups in total. The number of fused-ring (bicyclic) bond motifs is 1. The van der Waals surface area contributed by atoms with Crippen LogP contribution >= 0.6 is 11.3 Å². The fourth-order valence-electron chi connectivity index (χ4n) is 2.84. The highest BCUT2D eigenvalue weighted by molar-refractivity contribution is 7.14. The van der Waals surface area contributed by atoms with Gasteiger partial charge in [0.25, 0.3) is 5.91 Å². The van der Waals surface area contributed by atoms with E-state index in [1.807, 2.05) is 4.90 Å². The van der Waals surface area contributed by atoms with Crippen molar-refractivity contribution in [3.63, 3.8) is 0 Å². The highest BCUT2D eigenvalue weighted by Gasteiger charge is 2.31. The number of carbonyl (C=O) groups excluding carboxylic acids is 1. The molecule has 19 heavy (non-hydrogen) atoms. The van der Waals surface area contributed by atoms with Gasteiger partial charge in [-0.3, -0.25) is 4.79 Å². The Kier molecular flexibility index (Phi) is 3.52. The third-order valence-corrected chi connectivity index (χ3v) is 5.38. The molecule has 4 heteroatoms. The first kappa shape index (κ1) is 13.0. The lowest BCUT2D eigenvalue weighted by molar-refractivity contribution is 0.0758. The minimum absolute atomic E-state index is 0.172. The molecule has 1 fully saturated rings. The number of carbonyl (C=O) groups is 1. The molecular formula is C15H21NO2S. The van der Waals surface area contributed by atoms with E-state index in [1.165, 1.54) is 29.7 Å². The molecule has 0 saturated heterocycles. The summed E-state index contributed by atoms with van der Waals surface area (Å²) in [7, 11) is 1.69. The van der Waals surface area contributed by atoms with Crippen molar-refractivity contribution in [1.82, 2.24) is 4.90 Å². The normalized spacial score (nSPS) is 17.4. The topological polar surface area (TPSA) is 29.5 Å². The molecule has 1 saturated carbocycles. The van der Waals surface area contributed by atoms with Gasteiger partial charge in [-0.15, -0.1) is 11.3 Å². The van der Waals surface area contributed by atoms with E-state index < -0.39 is 0 Å². The summed E-state index contributed by atoms with van der Waals surface area (Å²) < 4.78 is 5.53. The summed E-state index contributed by atoms with van der Waals surface area (Å²) in [5, 5.41) is 0. The largest absolute Gasteiger partial charge is 0.495 e. The molecule has 0 aromatic carbocycles. The van der Waals surface area contributed by atoms with Gasteiger partial charge >= 0.3 is 0 Å². The fraction of sp³-hybridized carbons (Fsp3) is 0.667. The van der Waals surface area contributed by atoms with E-state index in [0.29, 0.717) is 0 Å². The van der Waals surface area contributed by atoms with Crippen LogP contribution in [0, 0.1) is 5.92 Å². The van der Waals surface area contributed by atoms with Gasteiger partial charge in [-0.1, -0.05) is 0 Å². The van der Waals surface area contributed by atoms with Crippen LogP contribution in [-0.4, -0.2) is 31.0 Å². The highest BCUT2D eigenvalue weighted by atomic mass is 32.1. The molecule has 1 aromatic rings. The first-order valence-electron chi connectivity index (χ1n) is 7.22. The summed E-state index contributed by atoms with van der Waals surface area (Å²) in [5.74, 6) is 1.77. The zero-order valence-electron chi connectivity index (χ0n) is 11.7. The quantitative estimate of drug-likeness (QED) is 0.829. The Morgan fingerprint density at radius 1 is 1.42 bits per heavy atom. The van der Waals surface area contributed by atoms with Crippen molar-refractivity contribution in [1.29, 1.82) is 0 Å². The van der Waals surface area contributed by atoms with E-state index in [4.69, 9.17) is 4.74 Å². The lowest BCUT2D eigenvalue weighted by Gasteiger charge is -2.20. The van der Waals surface area contributed by atoms with Crippen LogP contribution in [0.15, 0.2) is 0 Å². The molecule has 3 rings (SSSR count). The average molecular weight is 279 g/mol. The number of rotatable bonds is 5. The second-order valence-corrected chi connectivity index (χ2v) is 6.61. The molecule has 104 valence electrons. The minimum Gasteiger partial charge on any atom is -0.495 e. The van der Waals surface area contributed by atoms with Crippen LogP contribution in [0.4, 0.5) is 0 Å². The molecule has 1 amide bonds. The third kappa shape index (κ3) is 2.38. The van der Waals surface area contributed by atoms with Crippen molar-refractivity contribution in [2.75, 3.05) is 20.2 Å². The number of aryl methyl sites for hydroxylation is 1. The number of hydrogen-bond donors (Lipinski definition) is 0. The zero-order valence-corrected chi connectivity index (χ0v) is 12.5. The van der Waals surface area contributed by atoms with E-state index in [0.717, 1.165) is 42.5 Å². The summed E-state index contributed by atoms with van der Waals surface area (Å²) in [6.07, 6.45) is 5.94. The predicted molar refractivity (Wildman–Crippen MR) is 77.2 cm³/mol. The van der Waals surface area contributed by atoms with E-state index in [2.05, 4.69) is 6.92 Å². The molecule has 3 nitrogen and oxygen atoms in total. The first-order chi connectivity index (χ1) is 9.24. The van der Waals surface area contributed by atoms with Gasteiger partial charge in [-0.25, -0.2) is 0 Å². The van der Waals surface area contributed by atoms with Gasteiger partial charge < -0.3 is 9.64 Å². The Morgan fingerprint density at radius 2 is 2.21 bits per heavy atom. The number of nitrogens with zero attached hydrogens (tertiary/aromatic N) is 1. The number of ether oxygens (including phenoxy) is 1. The van der Waals surface area contributed by atoms with E-state index in [-0.39, 0.29) is 5.91 Å². The van der Waals surface area contributed by atoms with Crippen molar-refractivity contribution < 1.29 is 9.53 Å². The van der Waals surface area contributed by atoms with Crippen LogP contribution in [0.1, 0.15) is 46.3 Å². The van der Waals surface area contributed by atoms with Crippen LogP contribution in [0.2, 0.25) is 0 Å². The van der Waals surface area contributed by atoms with Gasteiger partial charge in [0.15, 0.2) is 0 Å². The minimum atomic E-state index is 0.172. The highest BCUT2D eigenvalue weighted by Crippen LogP contribution is 2.41. The smallest absolute Gasteiger partial charge is 0.267 e. The lowest BCUT2D eigenvalue weighted by atomic mass is 10.2. The Hall–Kier alpha value is -1.03. The third-order valence-electron chi connectivity index (χ3n) is 4.12. The molecule has 0 spiro atoms. The van der Waals surface area contributed by atoms with Gasteiger partial charge in [-0.05, 0) is 44.9 Å². The molecule has 1 heterocycles. The average Bonchev–Trinajstić information content (AvgIpc) is 2.99. The van der Waals surface area contributed by atoms with E-state index in [1.54, 1.807) is 18.4 Å². The van der Waals surface area contributed by atoms with Gasteiger partial charge in [0, 0.05) is 23.5 Å². The van der Waals surface area contributed by atoms with Crippen LogP contribution < -0.4 is 4.74 Å². The van der Waals surface area contributed by atoms with Gasteiger partial charge in [0.05, 0.1) is 7.11 Å². The SMILES string of the molecule is CCN(CC1CC1)C(=O)c1sc2c(c1OC)CCC2. The Bertz CT molecular complexity index is 491. The number of methoxy groups -OCH3 is 1. The van der Waals surface area contributed by atoms with Crippen molar-refractivity contribution in [3.8, 4) is 5.75 Å². The molecule has 0 bridgehead atoms. The van der Waals surface area contributed by atoms with Gasteiger partial charge in [-0.2, -0.15) is 0 Å². The Balaban J connectivity index is 1.85.